The van der Waals surface area contributed by atoms with E-state index >= 15 is 0 Å². The van der Waals surface area contributed by atoms with Gasteiger partial charge in [-0.05, 0) is 94.6 Å². The molecule has 1 aliphatic rings. The highest BCUT2D eigenvalue weighted by molar-refractivity contribution is 5.72. The number of allylic oxidation sites excluding steroid dienone is 4. The summed E-state index contributed by atoms with van der Waals surface area (Å²) in [5, 5.41) is 6.94. The largest absolute Gasteiger partial charge is 0.383 e. The summed E-state index contributed by atoms with van der Waals surface area (Å²) in [6.45, 7) is 10.9. The number of anilines is 4. The summed E-state index contributed by atoms with van der Waals surface area (Å²) in [4.78, 5) is 2.37. The molecule has 3 heteroatoms. The van der Waals surface area contributed by atoms with Crippen molar-refractivity contribution in [1.82, 2.24) is 0 Å². The fraction of sp³-hybridized carbons (Fsp3) is 0.360. The molecule has 2 aromatic rings. The van der Waals surface area contributed by atoms with E-state index in [-0.39, 0.29) is 0 Å². The molecule has 0 saturated heterocycles. The molecular weight excluding hydrogens is 342 g/mol. The zero-order valence-corrected chi connectivity index (χ0v) is 17.7. The smallest absolute Gasteiger partial charge is 0.0459 e. The Labute approximate surface area is 170 Å². The second-order valence-corrected chi connectivity index (χ2v) is 8.25. The molecule has 1 unspecified atom stereocenters. The van der Waals surface area contributed by atoms with Gasteiger partial charge in [0.15, 0.2) is 0 Å². The highest BCUT2D eigenvalue weighted by Crippen LogP contribution is 2.35. The van der Waals surface area contributed by atoms with Crippen LogP contribution in [0.1, 0.15) is 41.0 Å². The lowest BCUT2D eigenvalue weighted by Gasteiger charge is -2.30. The molecule has 3 nitrogen and oxygen atoms in total. The van der Waals surface area contributed by atoms with E-state index in [1.807, 2.05) is 0 Å². The molecule has 2 aromatic carbocycles. The number of hydrogen-bond donors (Lipinski definition) is 2. The highest BCUT2D eigenvalue weighted by atomic mass is 15.1. The second kappa shape index (κ2) is 9.01. The predicted octanol–water partition coefficient (Wildman–Crippen LogP) is 6.95. The van der Waals surface area contributed by atoms with Crippen LogP contribution in [0.4, 0.5) is 22.7 Å². The monoisotopic (exact) mass is 375 g/mol. The summed E-state index contributed by atoms with van der Waals surface area (Å²) in [5.41, 5.74) is 6.01. The molecule has 1 atom stereocenters. The molecule has 0 radical (unpaired) electrons. The van der Waals surface area contributed by atoms with Crippen LogP contribution in [0.2, 0.25) is 0 Å². The summed E-state index contributed by atoms with van der Waals surface area (Å²) >= 11 is 0. The normalized spacial score (nSPS) is 16.2. The summed E-state index contributed by atoms with van der Waals surface area (Å²) in [7, 11) is 0. The van der Waals surface area contributed by atoms with Gasteiger partial charge in [-0.25, -0.2) is 0 Å². The van der Waals surface area contributed by atoms with Gasteiger partial charge in [-0.1, -0.05) is 19.1 Å². The topological polar surface area (TPSA) is 27.3 Å². The van der Waals surface area contributed by atoms with E-state index < -0.39 is 0 Å². The quantitative estimate of drug-likeness (QED) is 0.548. The van der Waals surface area contributed by atoms with Crippen molar-refractivity contribution in [1.29, 1.82) is 0 Å². The second-order valence-electron chi connectivity index (χ2n) is 8.25. The number of nitrogens with zero attached hydrogens (tertiary/aromatic N) is 1. The molecule has 0 spiro atoms. The summed E-state index contributed by atoms with van der Waals surface area (Å²) < 4.78 is 0. The third kappa shape index (κ3) is 5.19. The SMILES string of the molecule is CC1C=CC=C(N(c2ccc(NC(C)C)cc2)c2ccc(NC(C)C)cc2)C1. The van der Waals surface area contributed by atoms with E-state index in [0.29, 0.717) is 18.0 Å². The van der Waals surface area contributed by atoms with Gasteiger partial charge in [-0.2, -0.15) is 0 Å². The Balaban J connectivity index is 1.94. The van der Waals surface area contributed by atoms with Crippen LogP contribution in [-0.4, -0.2) is 12.1 Å². The fourth-order valence-electron chi connectivity index (χ4n) is 3.55. The van der Waals surface area contributed by atoms with Gasteiger partial charge in [0, 0.05) is 40.5 Å². The van der Waals surface area contributed by atoms with Crippen LogP contribution in [0, 0.1) is 5.92 Å². The zero-order valence-electron chi connectivity index (χ0n) is 17.7. The molecule has 0 amide bonds. The first-order valence-corrected chi connectivity index (χ1v) is 10.3. The van der Waals surface area contributed by atoms with Crippen LogP contribution < -0.4 is 15.5 Å². The lowest BCUT2D eigenvalue weighted by molar-refractivity contribution is 0.696. The van der Waals surface area contributed by atoms with Crippen molar-refractivity contribution in [2.75, 3.05) is 15.5 Å². The van der Waals surface area contributed by atoms with Crippen LogP contribution in [0.15, 0.2) is 72.5 Å². The average molecular weight is 376 g/mol. The number of nitrogens with one attached hydrogen (secondary N) is 2. The van der Waals surface area contributed by atoms with Crippen molar-refractivity contribution in [2.24, 2.45) is 5.92 Å². The minimum Gasteiger partial charge on any atom is -0.383 e. The number of rotatable bonds is 7. The summed E-state index contributed by atoms with van der Waals surface area (Å²) in [5.74, 6) is 0.547. The molecular formula is C25H33N3. The first-order chi connectivity index (χ1) is 13.4. The minimum absolute atomic E-state index is 0.426. The maximum Gasteiger partial charge on any atom is 0.0459 e. The molecule has 28 heavy (non-hydrogen) atoms. The van der Waals surface area contributed by atoms with E-state index in [1.165, 1.54) is 17.1 Å². The van der Waals surface area contributed by atoms with Crippen molar-refractivity contribution in [2.45, 2.75) is 53.1 Å². The maximum atomic E-state index is 3.47. The molecule has 148 valence electrons. The van der Waals surface area contributed by atoms with Gasteiger partial charge < -0.3 is 15.5 Å². The van der Waals surface area contributed by atoms with E-state index in [2.05, 4.69) is 117 Å². The number of hydrogen-bond acceptors (Lipinski definition) is 3. The standard InChI is InChI=1S/C25H33N3/c1-18(2)26-21-9-13-23(14-10-21)28(25-8-6-7-20(5)17-25)24-15-11-22(12-16-24)27-19(3)4/h6-16,18-20,26-27H,17H2,1-5H3. The van der Waals surface area contributed by atoms with Crippen molar-refractivity contribution >= 4 is 22.7 Å². The zero-order chi connectivity index (χ0) is 20.1. The van der Waals surface area contributed by atoms with Gasteiger partial charge >= 0.3 is 0 Å². The first-order valence-electron chi connectivity index (χ1n) is 10.3. The van der Waals surface area contributed by atoms with Crippen LogP contribution in [-0.2, 0) is 0 Å². The Kier molecular flexibility index (Phi) is 6.45. The lowest BCUT2D eigenvalue weighted by atomic mass is 9.98. The summed E-state index contributed by atoms with van der Waals surface area (Å²) in [6.07, 6.45) is 7.72. The molecule has 0 bridgehead atoms. The van der Waals surface area contributed by atoms with Crippen molar-refractivity contribution in [3.63, 3.8) is 0 Å². The third-order valence-electron chi connectivity index (χ3n) is 4.71. The van der Waals surface area contributed by atoms with Crippen molar-refractivity contribution in [3.8, 4) is 0 Å². The molecule has 0 saturated carbocycles. The lowest BCUT2D eigenvalue weighted by Crippen LogP contribution is -2.19. The number of benzene rings is 2. The van der Waals surface area contributed by atoms with E-state index in [4.69, 9.17) is 0 Å². The minimum atomic E-state index is 0.426. The van der Waals surface area contributed by atoms with Crippen LogP contribution in [0.3, 0.4) is 0 Å². The Hall–Kier alpha value is -2.68. The van der Waals surface area contributed by atoms with Crippen LogP contribution in [0.25, 0.3) is 0 Å². The van der Waals surface area contributed by atoms with Crippen molar-refractivity contribution in [3.05, 3.63) is 72.5 Å². The Bertz CT molecular complexity index is 760. The van der Waals surface area contributed by atoms with E-state index in [0.717, 1.165) is 17.8 Å². The molecule has 3 rings (SSSR count). The fourth-order valence-corrected chi connectivity index (χ4v) is 3.55. The van der Waals surface area contributed by atoms with Gasteiger partial charge in [0.2, 0.25) is 0 Å². The van der Waals surface area contributed by atoms with Gasteiger partial charge in [-0.15, -0.1) is 0 Å². The first kappa shape index (κ1) is 20.1. The average Bonchev–Trinajstić information content (AvgIpc) is 2.64. The molecule has 0 aliphatic heterocycles. The van der Waals surface area contributed by atoms with Gasteiger partial charge in [0.1, 0.15) is 0 Å². The molecule has 0 heterocycles. The van der Waals surface area contributed by atoms with E-state index in [1.54, 1.807) is 0 Å². The Morgan fingerprint density at radius 2 is 1.25 bits per heavy atom. The molecule has 0 fully saturated rings. The predicted molar refractivity (Wildman–Crippen MR) is 124 cm³/mol. The van der Waals surface area contributed by atoms with Gasteiger partial charge in [-0.3, -0.25) is 0 Å². The van der Waals surface area contributed by atoms with Gasteiger partial charge in [0.25, 0.3) is 0 Å². The summed E-state index contributed by atoms with van der Waals surface area (Å²) in [6, 6.07) is 18.3. The Morgan fingerprint density at radius 3 is 1.64 bits per heavy atom. The molecule has 1 aliphatic carbocycles. The molecule has 0 aromatic heterocycles. The highest BCUT2D eigenvalue weighted by Gasteiger charge is 2.18. The van der Waals surface area contributed by atoms with Gasteiger partial charge in [0.05, 0.1) is 0 Å². The Morgan fingerprint density at radius 1 is 0.786 bits per heavy atom. The molecule has 2 N–H and O–H groups in total. The maximum absolute atomic E-state index is 3.47. The van der Waals surface area contributed by atoms with E-state index in [9.17, 15) is 0 Å². The van der Waals surface area contributed by atoms with Crippen LogP contribution in [0.5, 0.6) is 0 Å². The van der Waals surface area contributed by atoms with Crippen LogP contribution >= 0.6 is 0 Å². The van der Waals surface area contributed by atoms with Crippen molar-refractivity contribution < 1.29 is 0 Å². The third-order valence-corrected chi connectivity index (χ3v) is 4.71.